The molecule has 4 aromatic rings. The predicted octanol–water partition coefficient (Wildman–Crippen LogP) is 7.79. The summed E-state index contributed by atoms with van der Waals surface area (Å²) in [5.74, 6) is 0.737. The first-order chi connectivity index (χ1) is 14.6. The number of aromatic nitrogens is 3. The van der Waals surface area contributed by atoms with Crippen molar-refractivity contribution in [1.29, 1.82) is 0 Å². The molecule has 0 fully saturated rings. The summed E-state index contributed by atoms with van der Waals surface area (Å²) >= 11 is 16.3. The zero-order valence-electron chi connectivity index (χ0n) is 15.5. The second-order valence-electron chi connectivity index (χ2n) is 6.29. The van der Waals surface area contributed by atoms with Crippen LogP contribution in [0.3, 0.4) is 0 Å². The molecule has 0 unspecified atom stereocenters. The van der Waals surface area contributed by atoms with Gasteiger partial charge in [0.1, 0.15) is 11.0 Å². The van der Waals surface area contributed by atoms with E-state index in [-0.39, 0.29) is 0 Å². The first kappa shape index (κ1) is 21.8. The maximum atomic E-state index is 6.04. The number of thiazole rings is 1. The molecule has 3 heterocycles. The second kappa shape index (κ2) is 10.2. The van der Waals surface area contributed by atoms with Crippen LogP contribution in [0.1, 0.15) is 11.3 Å². The Bertz CT molecular complexity index is 1150. The van der Waals surface area contributed by atoms with E-state index in [1.54, 1.807) is 35.5 Å². The van der Waals surface area contributed by atoms with Crippen LogP contribution in [-0.4, -0.2) is 15.0 Å². The molecule has 0 bridgehead atoms. The second-order valence-corrected chi connectivity index (χ2v) is 10.3. The lowest BCUT2D eigenvalue weighted by Gasteiger charge is -2.09. The van der Waals surface area contributed by atoms with Gasteiger partial charge in [0.15, 0.2) is 5.13 Å². The molecule has 0 amide bonds. The molecule has 4 nitrogen and oxygen atoms in total. The number of rotatable bonds is 7. The molecule has 0 spiro atoms. The Morgan fingerprint density at radius 2 is 1.70 bits per heavy atom. The number of aryl methyl sites for hydroxylation is 2. The Balaban J connectivity index is 1.44. The standard InChI is InChI=1S/C21H15Br2ClN4S2/c22-15-10-25-19(24)8-17(15)30-18-9-20(26-11-16(18)23)28-21-27-14(12-29-21)7-6-13-4-2-1-3-5-13/h1-5,8-12H,6-7H2,(H,26,27,28). The van der Waals surface area contributed by atoms with Crippen molar-refractivity contribution in [2.24, 2.45) is 0 Å². The number of pyridine rings is 2. The van der Waals surface area contributed by atoms with Crippen molar-refractivity contribution in [3.05, 3.63) is 85.6 Å². The zero-order valence-corrected chi connectivity index (χ0v) is 21.0. The van der Waals surface area contributed by atoms with Crippen LogP contribution in [0.15, 0.2) is 79.0 Å². The summed E-state index contributed by atoms with van der Waals surface area (Å²) in [7, 11) is 0. The summed E-state index contributed by atoms with van der Waals surface area (Å²) in [6, 6.07) is 14.3. The van der Waals surface area contributed by atoms with Crippen LogP contribution in [0.4, 0.5) is 10.9 Å². The van der Waals surface area contributed by atoms with E-state index in [2.05, 4.69) is 76.8 Å². The third-order valence-electron chi connectivity index (χ3n) is 4.13. The van der Waals surface area contributed by atoms with E-state index >= 15 is 0 Å². The minimum atomic E-state index is 0.454. The molecule has 0 atom stereocenters. The average molecular weight is 583 g/mol. The van der Waals surface area contributed by atoms with Gasteiger partial charge in [-0.25, -0.2) is 15.0 Å². The number of nitrogens with one attached hydrogen (secondary N) is 1. The normalized spacial score (nSPS) is 10.9. The molecule has 0 saturated heterocycles. The van der Waals surface area contributed by atoms with E-state index in [9.17, 15) is 0 Å². The summed E-state index contributed by atoms with van der Waals surface area (Å²) in [4.78, 5) is 15.2. The molecule has 1 N–H and O–H groups in total. The molecule has 0 radical (unpaired) electrons. The van der Waals surface area contributed by atoms with Gasteiger partial charge in [0.2, 0.25) is 0 Å². The summed E-state index contributed by atoms with van der Waals surface area (Å²) in [5, 5.41) is 6.69. The van der Waals surface area contributed by atoms with Gasteiger partial charge in [0.05, 0.1) is 5.69 Å². The van der Waals surface area contributed by atoms with Crippen LogP contribution in [-0.2, 0) is 12.8 Å². The average Bonchev–Trinajstić information content (AvgIpc) is 3.20. The Labute approximate surface area is 204 Å². The van der Waals surface area contributed by atoms with E-state index in [1.165, 1.54) is 5.56 Å². The Morgan fingerprint density at radius 1 is 0.967 bits per heavy atom. The molecule has 0 aliphatic carbocycles. The molecule has 0 saturated carbocycles. The minimum absolute atomic E-state index is 0.454. The van der Waals surface area contributed by atoms with Crippen LogP contribution >= 0.6 is 66.6 Å². The number of hydrogen-bond acceptors (Lipinski definition) is 6. The minimum Gasteiger partial charge on any atom is -0.316 e. The molecule has 9 heteroatoms. The van der Waals surface area contributed by atoms with E-state index in [4.69, 9.17) is 16.6 Å². The van der Waals surface area contributed by atoms with Crippen LogP contribution in [0, 0.1) is 0 Å². The third-order valence-corrected chi connectivity index (χ3v) is 8.04. The highest BCUT2D eigenvalue weighted by molar-refractivity contribution is 9.11. The smallest absolute Gasteiger partial charge is 0.188 e. The number of nitrogens with zero attached hydrogens (tertiary/aromatic N) is 3. The van der Waals surface area contributed by atoms with E-state index < -0.39 is 0 Å². The van der Waals surface area contributed by atoms with Crippen LogP contribution < -0.4 is 5.32 Å². The zero-order chi connectivity index (χ0) is 20.9. The molecular formula is C21H15Br2ClN4S2. The molecule has 4 rings (SSSR count). The van der Waals surface area contributed by atoms with Gasteiger partial charge < -0.3 is 5.32 Å². The monoisotopic (exact) mass is 580 g/mol. The SMILES string of the molecule is Clc1cc(Sc2cc(Nc3nc(CCc4ccccc4)cs3)ncc2Br)c(Br)cn1. The summed E-state index contributed by atoms with van der Waals surface area (Å²) in [6.07, 6.45) is 5.37. The fraction of sp³-hybridized carbons (Fsp3) is 0.0952. The molecule has 0 aliphatic heterocycles. The first-order valence-electron chi connectivity index (χ1n) is 8.96. The largest absolute Gasteiger partial charge is 0.316 e. The predicted molar refractivity (Wildman–Crippen MR) is 132 cm³/mol. The van der Waals surface area contributed by atoms with Gasteiger partial charge in [-0.1, -0.05) is 53.7 Å². The molecule has 1 aromatic carbocycles. The number of benzene rings is 1. The summed E-state index contributed by atoms with van der Waals surface area (Å²) < 4.78 is 1.79. The van der Waals surface area contributed by atoms with Gasteiger partial charge in [-0.15, -0.1) is 11.3 Å². The van der Waals surface area contributed by atoms with Crippen molar-refractivity contribution >= 4 is 77.5 Å². The molecular weight excluding hydrogens is 568 g/mol. The summed E-state index contributed by atoms with van der Waals surface area (Å²) in [6.45, 7) is 0. The topological polar surface area (TPSA) is 50.7 Å². The lowest BCUT2D eigenvalue weighted by atomic mass is 10.1. The Kier molecular flexibility index (Phi) is 7.43. The molecule has 30 heavy (non-hydrogen) atoms. The Morgan fingerprint density at radius 3 is 2.50 bits per heavy atom. The number of halogens is 3. The van der Waals surface area contributed by atoms with Crippen LogP contribution in [0.5, 0.6) is 0 Å². The quantitative estimate of drug-likeness (QED) is 0.226. The number of hydrogen-bond donors (Lipinski definition) is 1. The molecule has 0 aliphatic rings. The van der Waals surface area contributed by atoms with Crippen molar-refractivity contribution in [3.8, 4) is 0 Å². The van der Waals surface area contributed by atoms with Crippen molar-refractivity contribution in [1.82, 2.24) is 15.0 Å². The van der Waals surface area contributed by atoms with Crippen molar-refractivity contribution in [3.63, 3.8) is 0 Å². The first-order valence-corrected chi connectivity index (χ1v) is 12.6. The summed E-state index contributed by atoms with van der Waals surface area (Å²) in [5.41, 5.74) is 2.40. The van der Waals surface area contributed by atoms with Crippen molar-refractivity contribution in [2.45, 2.75) is 22.6 Å². The Hall–Kier alpha value is -1.45. The van der Waals surface area contributed by atoms with Gasteiger partial charge in [-0.3, -0.25) is 0 Å². The van der Waals surface area contributed by atoms with Gasteiger partial charge in [-0.05, 0) is 62.4 Å². The molecule has 3 aromatic heterocycles. The highest BCUT2D eigenvalue weighted by atomic mass is 79.9. The van der Waals surface area contributed by atoms with Gasteiger partial charge in [-0.2, -0.15) is 0 Å². The maximum Gasteiger partial charge on any atom is 0.188 e. The molecule has 152 valence electrons. The van der Waals surface area contributed by atoms with Gasteiger partial charge >= 0.3 is 0 Å². The van der Waals surface area contributed by atoms with E-state index in [1.807, 2.05) is 18.2 Å². The van der Waals surface area contributed by atoms with Crippen LogP contribution in [0.25, 0.3) is 0 Å². The highest BCUT2D eigenvalue weighted by Crippen LogP contribution is 2.39. The van der Waals surface area contributed by atoms with Crippen molar-refractivity contribution < 1.29 is 0 Å². The van der Waals surface area contributed by atoms with Crippen molar-refractivity contribution in [2.75, 3.05) is 5.32 Å². The van der Waals surface area contributed by atoms with Gasteiger partial charge in [0, 0.05) is 36.5 Å². The lowest BCUT2D eigenvalue weighted by molar-refractivity contribution is 0.927. The highest BCUT2D eigenvalue weighted by Gasteiger charge is 2.11. The maximum absolute atomic E-state index is 6.04. The fourth-order valence-electron chi connectivity index (χ4n) is 2.67. The van der Waals surface area contributed by atoms with E-state index in [0.29, 0.717) is 5.15 Å². The van der Waals surface area contributed by atoms with Crippen LogP contribution in [0.2, 0.25) is 5.15 Å². The fourth-order valence-corrected chi connectivity index (χ4v) is 5.44. The number of anilines is 2. The van der Waals surface area contributed by atoms with Gasteiger partial charge in [0.25, 0.3) is 0 Å². The lowest BCUT2D eigenvalue weighted by Crippen LogP contribution is -1.95. The van der Waals surface area contributed by atoms with E-state index in [0.717, 1.165) is 48.2 Å². The third kappa shape index (κ3) is 5.82.